The maximum atomic E-state index is 6.41. The number of rotatable bonds is 4. The predicted molar refractivity (Wildman–Crippen MR) is 76.3 cm³/mol. The zero-order valence-electron chi connectivity index (χ0n) is 11.5. The molecule has 3 unspecified atom stereocenters. The summed E-state index contributed by atoms with van der Waals surface area (Å²) in [5.74, 6) is 3.92. The van der Waals surface area contributed by atoms with E-state index in [4.69, 9.17) is 10.5 Å². The minimum absolute atomic E-state index is 0.430. The highest BCUT2D eigenvalue weighted by molar-refractivity contribution is 5.39. The molecule has 0 radical (unpaired) electrons. The first kappa shape index (κ1) is 11.8. The minimum atomic E-state index is 0.430. The third-order valence-electron chi connectivity index (χ3n) is 5.49. The molecule has 3 aliphatic rings. The first-order chi connectivity index (χ1) is 9.33. The lowest BCUT2D eigenvalue weighted by molar-refractivity contribution is 0.357. The van der Waals surface area contributed by atoms with E-state index in [-0.39, 0.29) is 0 Å². The lowest BCUT2D eigenvalue weighted by Gasteiger charge is -2.13. The molecular weight excluding hydrogens is 234 g/mol. The zero-order chi connectivity index (χ0) is 12.8. The Morgan fingerprint density at radius 1 is 1.26 bits per heavy atom. The van der Waals surface area contributed by atoms with Crippen molar-refractivity contribution in [3.8, 4) is 5.75 Å². The molecule has 102 valence electrons. The minimum Gasteiger partial charge on any atom is -0.493 e. The summed E-state index contributed by atoms with van der Waals surface area (Å²) in [6.45, 7) is 0.851. The van der Waals surface area contributed by atoms with E-state index >= 15 is 0 Å². The second kappa shape index (κ2) is 4.52. The van der Waals surface area contributed by atoms with Crippen molar-refractivity contribution in [1.29, 1.82) is 0 Å². The highest BCUT2D eigenvalue weighted by atomic mass is 16.5. The quantitative estimate of drug-likeness (QED) is 0.900. The molecule has 1 aliphatic heterocycles. The molecule has 0 spiro atoms. The number of ether oxygens (including phenoxy) is 1. The van der Waals surface area contributed by atoms with Gasteiger partial charge in [0.2, 0.25) is 0 Å². The molecule has 1 heterocycles. The van der Waals surface area contributed by atoms with E-state index in [1.807, 2.05) is 0 Å². The molecule has 2 N–H and O–H groups in total. The third-order valence-corrected chi connectivity index (χ3v) is 5.49. The SMILES string of the molecule is NC(CCc1ccc2c(c1)CCO2)C1C2CCCC21. The summed E-state index contributed by atoms with van der Waals surface area (Å²) in [7, 11) is 0. The largest absolute Gasteiger partial charge is 0.493 e. The van der Waals surface area contributed by atoms with Crippen LogP contribution in [-0.4, -0.2) is 12.6 Å². The molecule has 2 nitrogen and oxygen atoms in total. The zero-order valence-corrected chi connectivity index (χ0v) is 11.5. The van der Waals surface area contributed by atoms with E-state index in [9.17, 15) is 0 Å². The molecule has 2 fully saturated rings. The fourth-order valence-electron chi connectivity index (χ4n) is 4.43. The monoisotopic (exact) mass is 257 g/mol. The van der Waals surface area contributed by atoms with Crippen molar-refractivity contribution in [3.05, 3.63) is 29.3 Å². The summed E-state index contributed by atoms with van der Waals surface area (Å²) in [4.78, 5) is 0. The Morgan fingerprint density at radius 3 is 2.95 bits per heavy atom. The van der Waals surface area contributed by atoms with Crippen molar-refractivity contribution in [2.24, 2.45) is 23.5 Å². The molecule has 0 bridgehead atoms. The van der Waals surface area contributed by atoms with Crippen LogP contribution in [0, 0.1) is 17.8 Å². The van der Waals surface area contributed by atoms with Crippen LogP contribution in [0.1, 0.15) is 36.8 Å². The van der Waals surface area contributed by atoms with Gasteiger partial charge in [0, 0.05) is 12.5 Å². The average molecular weight is 257 g/mol. The molecule has 2 aliphatic carbocycles. The lowest BCUT2D eigenvalue weighted by Crippen LogP contribution is -2.25. The van der Waals surface area contributed by atoms with Crippen LogP contribution in [0.15, 0.2) is 18.2 Å². The number of hydrogen-bond acceptors (Lipinski definition) is 2. The smallest absolute Gasteiger partial charge is 0.122 e. The van der Waals surface area contributed by atoms with E-state index < -0.39 is 0 Å². The van der Waals surface area contributed by atoms with Gasteiger partial charge in [0.25, 0.3) is 0 Å². The highest BCUT2D eigenvalue weighted by Gasteiger charge is 2.54. The van der Waals surface area contributed by atoms with Gasteiger partial charge < -0.3 is 10.5 Å². The summed E-state index contributed by atoms with van der Waals surface area (Å²) < 4.78 is 5.55. The van der Waals surface area contributed by atoms with Crippen LogP contribution in [0.4, 0.5) is 0 Å². The fraction of sp³-hybridized carbons (Fsp3) is 0.647. The van der Waals surface area contributed by atoms with E-state index in [1.54, 1.807) is 0 Å². The summed E-state index contributed by atoms with van der Waals surface area (Å²) in [6, 6.07) is 7.10. The van der Waals surface area contributed by atoms with Gasteiger partial charge in [-0.05, 0) is 60.6 Å². The average Bonchev–Trinajstić information content (AvgIpc) is 2.85. The Kier molecular flexibility index (Phi) is 2.80. The van der Waals surface area contributed by atoms with Gasteiger partial charge in [0.1, 0.15) is 5.75 Å². The van der Waals surface area contributed by atoms with Gasteiger partial charge in [-0.15, -0.1) is 0 Å². The molecule has 2 heteroatoms. The molecule has 1 aromatic carbocycles. The summed E-state index contributed by atoms with van der Waals surface area (Å²) in [6.07, 6.45) is 7.69. The van der Waals surface area contributed by atoms with Crippen molar-refractivity contribution < 1.29 is 4.74 Å². The van der Waals surface area contributed by atoms with E-state index in [0.29, 0.717) is 6.04 Å². The molecule has 19 heavy (non-hydrogen) atoms. The van der Waals surface area contributed by atoms with E-state index in [2.05, 4.69) is 18.2 Å². The topological polar surface area (TPSA) is 35.2 Å². The van der Waals surface area contributed by atoms with Crippen LogP contribution < -0.4 is 10.5 Å². The van der Waals surface area contributed by atoms with E-state index in [0.717, 1.165) is 49.4 Å². The van der Waals surface area contributed by atoms with Crippen LogP contribution in [0.3, 0.4) is 0 Å². The first-order valence-corrected chi connectivity index (χ1v) is 7.83. The van der Waals surface area contributed by atoms with Gasteiger partial charge >= 0.3 is 0 Å². The lowest BCUT2D eigenvalue weighted by atomic mass is 9.97. The number of benzene rings is 1. The van der Waals surface area contributed by atoms with Gasteiger partial charge in [-0.3, -0.25) is 0 Å². The maximum Gasteiger partial charge on any atom is 0.122 e. The second-order valence-corrected chi connectivity index (χ2v) is 6.58. The Morgan fingerprint density at radius 2 is 2.11 bits per heavy atom. The van der Waals surface area contributed by atoms with Gasteiger partial charge in [0.15, 0.2) is 0 Å². The molecule has 3 atom stereocenters. The molecular formula is C17H23NO. The van der Waals surface area contributed by atoms with Crippen LogP contribution in [0.2, 0.25) is 0 Å². The Balaban J connectivity index is 1.35. The second-order valence-electron chi connectivity index (χ2n) is 6.58. The van der Waals surface area contributed by atoms with Crippen LogP contribution >= 0.6 is 0 Å². The van der Waals surface area contributed by atoms with Crippen LogP contribution in [-0.2, 0) is 12.8 Å². The van der Waals surface area contributed by atoms with Crippen molar-refractivity contribution in [2.45, 2.75) is 44.6 Å². The predicted octanol–water partition coefficient (Wildman–Crippen LogP) is 2.93. The van der Waals surface area contributed by atoms with Crippen molar-refractivity contribution >= 4 is 0 Å². The molecule has 0 aromatic heterocycles. The normalized spacial score (nSPS) is 32.6. The molecule has 1 aromatic rings. The number of nitrogens with two attached hydrogens (primary N) is 1. The first-order valence-electron chi connectivity index (χ1n) is 7.83. The molecule has 0 saturated heterocycles. The summed E-state index contributed by atoms with van der Waals surface area (Å²) in [5, 5.41) is 0. The Hall–Kier alpha value is -1.02. The van der Waals surface area contributed by atoms with Gasteiger partial charge in [-0.2, -0.15) is 0 Å². The van der Waals surface area contributed by atoms with E-state index in [1.165, 1.54) is 30.4 Å². The molecule has 0 amide bonds. The fourth-order valence-corrected chi connectivity index (χ4v) is 4.43. The van der Waals surface area contributed by atoms with Gasteiger partial charge in [-0.1, -0.05) is 18.6 Å². The Bertz CT molecular complexity index is 474. The molecule has 2 saturated carbocycles. The number of aryl methyl sites for hydroxylation is 1. The Labute approximate surface area is 115 Å². The number of fused-ring (bicyclic) bond motifs is 2. The number of hydrogen-bond donors (Lipinski definition) is 1. The van der Waals surface area contributed by atoms with Crippen LogP contribution in [0.5, 0.6) is 5.75 Å². The van der Waals surface area contributed by atoms with Gasteiger partial charge in [0.05, 0.1) is 6.61 Å². The summed E-state index contributed by atoms with van der Waals surface area (Å²) >= 11 is 0. The highest BCUT2D eigenvalue weighted by Crippen LogP contribution is 2.59. The molecule has 4 rings (SSSR count). The van der Waals surface area contributed by atoms with Crippen molar-refractivity contribution in [1.82, 2.24) is 0 Å². The van der Waals surface area contributed by atoms with Gasteiger partial charge in [-0.25, -0.2) is 0 Å². The van der Waals surface area contributed by atoms with Crippen molar-refractivity contribution in [2.75, 3.05) is 6.61 Å². The third kappa shape index (κ3) is 2.06. The summed E-state index contributed by atoms with van der Waals surface area (Å²) in [5.41, 5.74) is 9.22. The maximum absolute atomic E-state index is 6.41. The van der Waals surface area contributed by atoms with Crippen LogP contribution in [0.25, 0.3) is 0 Å². The standard InChI is InChI=1S/C17H23NO/c18-15(17-13-2-1-3-14(13)17)6-4-11-5-7-16-12(10-11)8-9-19-16/h5,7,10,13-15,17H,1-4,6,8-9,18H2. The van der Waals surface area contributed by atoms with Crippen molar-refractivity contribution in [3.63, 3.8) is 0 Å².